The van der Waals surface area contributed by atoms with E-state index in [4.69, 9.17) is 9.39 Å². The molecule has 1 aromatic carbocycles. The van der Waals surface area contributed by atoms with Crippen LogP contribution in [0.4, 0.5) is 5.69 Å². The van der Waals surface area contributed by atoms with Crippen molar-refractivity contribution in [2.24, 2.45) is 0 Å². The van der Waals surface area contributed by atoms with E-state index in [9.17, 15) is 9.90 Å². The first-order valence-corrected chi connectivity index (χ1v) is 6.15. The molecule has 0 saturated carbocycles. The number of carbonyl (C=O) groups excluding carboxylic acids is 1. The van der Waals surface area contributed by atoms with Gasteiger partial charge in [0, 0.05) is 13.2 Å². The molecule has 6 nitrogen and oxygen atoms in total. The van der Waals surface area contributed by atoms with E-state index in [-0.39, 0.29) is 0 Å². The Balaban J connectivity index is 2.76. The third kappa shape index (κ3) is 5.44. The van der Waals surface area contributed by atoms with Gasteiger partial charge < -0.3 is 19.7 Å². The Kier molecular flexibility index (Phi) is 6.79. The molecule has 3 N–H and O–H groups in total. The number of likely N-dealkylation sites (N-methyl/N-ethyl adjacent to an activating group) is 1. The minimum atomic E-state index is -0.883. The summed E-state index contributed by atoms with van der Waals surface area (Å²) in [7, 11) is 3.45. The molecule has 0 amide bonds. The van der Waals surface area contributed by atoms with E-state index in [2.05, 4.69) is 10.5 Å². The van der Waals surface area contributed by atoms with E-state index in [1.54, 1.807) is 20.2 Å². The van der Waals surface area contributed by atoms with Crippen LogP contribution in [-0.2, 0) is 9.45 Å². The van der Waals surface area contributed by atoms with Crippen molar-refractivity contribution < 1.29 is 19.3 Å². The number of esters is 1. The highest BCUT2D eigenvalue weighted by Crippen LogP contribution is 2.25. The summed E-state index contributed by atoms with van der Waals surface area (Å²) in [6.45, 7) is 1.90. The summed E-state index contributed by atoms with van der Waals surface area (Å²) >= 11 is 0. The van der Waals surface area contributed by atoms with Gasteiger partial charge in [-0.15, -0.1) is 0 Å². The fourth-order valence-electron chi connectivity index (χ4n) is 1.42. The molecular formula is C13H19BN2O4. The van der Waals surface area contributed by atoms with E-state index in [1.807, 2.05) is 19.1 Å². The highest BCUT2D eigenvalue weighted by Gasteiger charge is 2.08. The second kappa shape index (κ2) is 8.37. The van der Waals surface area contributed by atoms with Gasteiger partial charge in [-0.05, 0) is 37.7 Å². The molecule has 0 aromatic heterocycles. The number of hydrogen-bond donors (Lipinski definition) is 3. The zero-order valence-corrected chi connectivity index (χ0v) is 11.8. The SMILES string of the molecule is CNC(O)/C=C/C(=O)Oc1cc(C)ccc1NBOC. The van der Waals surface area contributed by atoms with Crippen molar-refractivity contribution in [1.82, 2.24) is 5.32 Å². The third-order valence-electron chi connectivity index (χ3n) is 2.46. The van der Waals surface area contributed by atoms with Gasteiger partial charge in [0.25, 0.3) is 0 Å². The van der Waals surface area contributed by atoms with Gasteiger partial charge in [-0.2, -0.15) is 0 Å². The third-order valence-corrected chi connectivity index (χ3v) is 2.46. The molecular weight excluding hydrogens is 259 g/mol. The Bertz CT molecular complexity index is 479. The van der Waals surface area contributed by atoms with E-state index >= 15 is 0 Å². The van der Waals surface area contributed by atoms with Gasteiger partial charge in [0.2, 0.25) is 0 Å². The van der Waals surface area contributed by atoms with Crippen LogP contribution >= 0.6 is 0 Å². The van der Waals surface area contributed by atoms with Crippen LogP contribution in [0.2, 0.25) is 0 Å². The average Bonchev–Trinajstić information content (AvgIpc) is 2.44. The minimum Gasteiger partial charge on any atom is -0.422 e. The highest BCUT2D eigenvalue weighted by atomic mass is 16.5. The second-order valence-electron chi connectivity index (χ2n) is 4.12. The van der Waals surface area contributed by atoms with Gasteiger partial charge in [-0.3, -0.25) is 5.32 Å². The molecule has 0 heterocycles. The largest absolute Gasteiger partial charge is 0.422 e. The number of rotatable bonds is 7. The Morgan fingerprint density at radius 1 is 1.50 bits per heavy atom. The summed E-state index contributed by atoms with van der Waals surface area (Å²) in [5.41, 5.74) is 1.63. The Morgan fingerprint density at radius 2 is 2.25 bits per heavy atom. The predicted octanol–water partition coefficient (Wildman–Crippen LogP) is 0.319. The summed E-state index contributed by atoms with van der Waals surface area (Å²) in [4.78, 5) is 11.7. The van der Waals surface area contributed by atoms with Crippen molar-refractivity contribution in [3.8, 4) is 5.75 Å². The molecule has 0 saturated heterocycles. The maximum absolute atomic E-state index is 11.7. The zero-order chi connectivity index (χ0) is 15.0. The van der Waals surface area contributed by atoms with Crippen LogP contribution in [0.3, 0.4) is 0 Å². The van der Waals surface area contributed by atoms with E-state index in [0.717, 1.165) is 5.56 Å². The van der Waals surface area contributed by atoms with E-state index in [0.29, 0.717) is 19.1 Å². The molecule has 1 unspecified atom stereocenters. The highest BCUT2D eigenvalue weighted by molar-refractivity contribution is 6.32. The van der Waals surface area contributed by atoms with E-state index in [1.165, 1.54) is 12.2 Å². The molecule has 0 aliphatic rings. The van der Waals surface area contributed by atoms with Gasteiger partial charge in [-0.25, -0.2) is 4.79 Å². The molecule has 0 bridgehead atoms. The lowest BCUT2D eigenvalue weighted by atomic mass is 10.1. The van der Waals surface area contributed by atoms with Gasteiger partial charge >= 0.3 is 13.6 Å². The number of aliphatic hydroxyl groups is 1. The molecule has 1 rings (SSSR count). The number of anilines is 1. The fraction of sp³-hybridized carbons (Fsp3) is 0.308. The Labute approximate surface area is 119 Å². The first kappa shape index (κ1) is 16.2. The zero-order valence-electron chi connectivity index (χ0n) is 11.8. The molecule has 1 aromatic rings. The second-order valence-corrected chi connectivity index (χ2v) is 4.12. The van der Waals surface area contributed by atoms with Crippen LogP contribution in [0.5, 0.6) is 5.75 Å². The molecule has 108 valence electrons. The van der Waals surface area contributed by atoms with Gasteiger partial charge in [-0.1, -0.05) is 6.07 Å². The number of carbonyl (C=O) groups is 1. The molecule has 0 spiro atoms. The number of aliphatic hydroxyl groups excluding tert-OH is 1. The summed E-state index contributed by atoms with van der Waals surface area (Å²) < 4.78 is 10.2. The Morgan fingerprint density at radius 3 is 2.90 bits per heavy atom. The maximum Gasteiger partial charge on any atom is 0.394 e. The molecule has 0 radical (unpaired) electrons. The molecule has 0 fully saturated rings. The number of ether oxygens (including phenoxy) is 1. The fourth-order valence-corrected chi connectivity index (χ4v) is 1.42. The van der Waals surface area contributed by atoms with Crippen LogP contribution in [-0.4, -0.2) is 39.1 Å². The first-order valence-electron chi connectivity index (χ1n) is 6.15. The van der Waals surface area contributed by atoms with Gasteiger partial charge in [0.05, 0.1) is 5.69 Å². The molecule has 20 heavy (non-hydrogen) atoms. The van der Waals surface area contributed by atoms with Crippen molar-refractivity contribution in [3.05, 3.63) is 35.9 Å². The topological polar surface area (TPSA) is 79.8 Å². The lowest BCUT2D eigenvalue weighted by Crippen LogP contribution is -2.22. The predicted molar refractivity (Wildman–Crippen MR) is 78.8 cm³/mol. The Hall–Kier alpha value is -1.83. The summed E-state index contributed by atoms with van der Waals surface area (Å²) in [5.74, 6) is -0.152. The van der Waals surface area contributed by atoms with Crippen molar-refractivity contribution in [3.63, 3.8) is 0 Å². The number of benzene rings is 1. The summed E-state index contributed by atoms with van der Waals surface area (Å²) in [5, 5.41) is 14.8. The van der Waals surface area contributed by atoms with Gasteiger partial charge in [0.15, 0.2) is 5.75 Å². The lowest BCUT2D eigenvalue weighted by molar-refractivity contribution is -0.129. The minimum absolute atomic E-state index is 0.307. The van der Waals surface area contributed by atoms with Crippen LogP contribution in [0.1, 0.15) is 5.56 Å². The van der Waals surface area contributed by atoms with Crippen molar-refractivity contribution >= 4 is 19.3 Å². The quantitative estimate of drug-likeness (QED) is 0.219. The number of hydrogen-bond acceptors (Lipinski definition) is 6. The molecule has 1 atom stereocenters. The molecule has 7 heteroatoms. The van der Waals surface area contributed by atoms with Crippen LogP contribution in [0, 0.1) is 6.92 Å². The molecule has 0 aliphatic heterocycles. The first-order chi connectivity index (χ1) is 9.56. The monoisotopic (exact) mass is 278 g/mol. The van der Waals surface area contributed by atoms with Crippen molar-refractivity contribution in [2.75, 3.05) is 19.4 Å². The normalized spacial score (nSPS) is 12.2. The number of aryl methyl sites for hydroxylation is 1. The summed E-state index contributed by atoms with van der Waals surface area (Å²) in [6.07, 6.45) is 1.59. The smallest absolute Gasteiger partial charge is 0.394 e. The average molecular weight is 278 g/mol. The van der Waals surface area contributed by atoms with Crippen molar-refractivity contribution in [2.45, 2.75) is 13.2 Å². The van der Waals surface area contributed by atoms with E-state index < -0.39 is 12.2 Å². The van der Waals surface area contributed by atoms with Gasteiger partial charge in [0.1, 0.15) is 6.23 Å². The van der Waals surface area contributed by atoms with Crippen LogP contribution in [0.15, 0.2) is 30.4 Å². The van der Waals surface area contributed by atoms with Crippen LogP contribution in [0.25, 0.3) is 0 Å². The maximum atomic E-state index is 11.7. The van der Waals surface area contributed by atoms with Crippen molar-refractivity contribution in [1.29, 1.82) is 0 Å². The summed E-state index contributed by atoms with van der Waals surface area (Å²) in [6, 6.07) is 5.46. The van der Waals surface area contributed by atoms with Crippen LogP contribution < -0.4 is 15.3 Å². The standard InChI is InChI=1S/C13H19BN2O4/c1-9-4-5-10(16-14-19-3)11(8-9)20-13(18)7-6-12(17)15-2/h4-8,12,14-17H,1-3H3/b7-6+. The lowest BCUT2D eigenvalue weighted by Gasteiger charge is -2.11. The molecule has 0 aliphatic carbocycles. The number of nitrogens with one attached hydrogen (secondary N) is 2.